The molecule has 0 bridgehead atoms. The van der Waals surface area contributed by atoms with Crippen LogP contribution in [0.2, 0.25) is 5.02 Å². The van der Waals surface area contributed by atoms with E-state index in [2.05, 4.69) is 10.6 Å². The quantitative estimate of drug-likeness (QED) is 0.757. The van der Waals surface area contributed by atoms with Gasteiger partial charge < -0.3 is 10.6 Å². The zero-order chi connectivity index (χ0) is 18.4. The lowest BCUT2D eigenvalue weighted by Crippen LogP contribution is -2.26. The summed E-state index contributed by atoms with van der Waals surface area (Å²) in [5, 5.41) is 5.77. The average molecular weight is 367 g/mol. The van der Waals surface area contributed by atoms with E-state index in [-0.39, 0.29) is 24.4 Å². The van der Waals surface area contributed by atoms with Gasteiger partial charge in [0.1, 0.15) is 11.6 Å². The van der Waals surface area contributed by atoms with Crippen molar-refractivity contribution < 1.29 is 18.4 Å². The van der Waals surface area contributed by atoms with Gasteiger partial charge in [0, 0.05) is 29.7 Å². The Bertz CT molecular complexity index is 797. The van der Waals surface area contributed by atoms with Crippen LogP contribution in [0.15, 0.2) is 36.4 Å². The maximum absolute atomic E-state index is 13.5. The van der Waals surface area contributed by atoms with Crippen molar-refractivity contribution in [2.45, 2.75) is 19.8 Å². The highest BCUT2D eigenvalue weighted by Crippen LogP contribution is 2.20. The summed E-state index contributed by atoms with van der Waals surface area (Å²) < 4.78 is 26.3. The van der Waals surface area contributed by atoms with Gasteiger partial charge in [-0.2, -0.15) is 0 Å². The predicted octanol–water partition coefficient (Wildman–Crippen LogP) is 4.08. The molecule has 0 aliphatic rings. The second kappa shape index (κ2) is 8.58. The lowest BCUT2D eigenvalue weighted by molar-refractivity contribution is -0.116. The van der Waals surface area contributed by atoms with Crippen molar-refractivity contribution in [2.75, 3.05) is 11.9 Å². The molecule has 0 spiro atoms. The second-order valence-corrected chi connectivity index (χ2v) is 5.93. The molecule has 7 heteroatoms. The summed E-state index contributed by atoms with van der Waals surface area (Å²) in [4.78, 5) is 23.7. The summed E-state index contributed by atoms with van der Waals surface area (Å²) in [6, 6.07) is 7.93. The van der Waals surface area contributed by atoms with Crippen molar-refractivity contribution in [3.63, 3.8) is 0 Å². The number of hydrogen-bond acceptors (Lipinski definition) is 2. The molecule has 132 valence electrons. The minimum Gasteiger partial charge on any atom is -0.352 e. The van der Waals surface area contributed by atoms with Crippen LogP contribution in [0.1, 0.15) is 28.8 Å². The van der Waals surface area contributed by atoms with Crippen molar-refractivity contribution in [3.8, 4) is 0 Å². The summed E-state index contributed by atoms with van der Waals surface area (Å²) >= 11 is 5.89. The molecule has 2 aromatic rings. The summed E-state index contributed by atoms with van der Waals surface area (Å²) in [7, 11) is 0. The third kappa shape index (κ3) is 5.53. The topological polar surface area (TPSA) is 58.2 Å². The molecule has 0 saturated carbocycles. The van der Waals surface area contributed by atoms with Crippen molar-refractivity contribution in [3.05, 3.63) is 64.2 Å². The Morgan fingerprint density at radius 1 is 1.12 bits per heavy atom. The van der Waals surface area contributed by atoms with E-state index >= 15 is 0 Å². The number of carbonyl (C=O) groups excluding carboxylic acids is 2. The van der Waals surface area contributed by atoms with Gasteiger partial charge in [-0.15, -0.1) is 0 Å². The Balaban J connectivity index is 1.77. The summed E-state index contributed by atoms with van der Waals surface area (Å²) in [5.41, 5.74) is 1.29. The largest absolute Gasteiger partial charge is 0.352 e. The molecule has 0 aliphatic heterocycles. The normalized spacial score (nSPS) is 10.4. The van der Waals surface area contributed by atoms with Gasteiger partial charge in [-0.25, -0.2) is 8.78 Å². The minimum absolute atomic E-state index is 0.179. The summed E-state index contributed by atoms with van der Waals surface area (Å²) in [6.07, 6.45) is 0.554. The van der Waals surface area contributed by atoms with Crippen molar-refractivity contribution in [2.24, 2.45) is 0 Å². The molecule has 4 nitrogen and oxygen atoms in total. The van der Waals surface area contributed by atoms with Crippen LogP contribution in [0, 0.1) is 18.6 Å². The number of benzene rings is 2. The second-order valence-electron chi connectivity index (χ2n) is 5.49. The number of rotatable bonds is 6. The molecule has 0 aromatic heterocycles. The van der Waals surface area contributed by atoms with Crippen LogP contribution in [-0.2, 0) is 4.79 Å². The van der Waals surface area contributed by atoms with Crippen LogP contribution >= 0.6 is 11.6 Å². The number of amides is 2. The number of nitrogens with one attached hydrogen (secondary N) is 2. The van der Waals surface area contributed by atoms with Gasteiger partial charge in [0.15, 0.2) is 0 Å². The number of hydrogen-bond donors (Lipinski definition) is 2. The van der Waals surface area contributed by atoms with E-state index in [0.29, 0.717) is 23.2 Å². The first kappa shape index (κ1) is 18.9. The smallest absolute Gasteiger partial charge is 0.254 e. The van der Waals surface area contributed by atoms with Gasteiger partial charge in [0.05, 0.1) is 5.56 Å². The molecular formula is C18H17ClF2N2O2. The molecule has 0 atom stereocenters. The zero-order valence-corrected chi connectivity index (χ0v) is 14.3. The van der Waals surface area contributed by atoms with E-state index in [0.717, 1.165) is 17.7 Å². The highest BCUT2D eigenvalue weighted by atomic mass is 35.5. The zero-order valence-electron chi connectivity index (χ0n) is 13.5. The molecule has 0 fully saturated rings. The fourth-order valence-corrected chi connectivity index (χ4v) is 2.33. The number of aryl methyl sites for hydroxylation is 1. The van der Waals surface area contributed by atoms with Crippen LogP contribution in [-0.4, -0.2) is 18.4 Å². The first-order valence-corrected chi connectivity index (χ1v) is 8.04. The maximum atomic E-state index is 13.5. The van der Waals surface area contributed by atoms with Crippen LogP contribution in [0.3, 0.4) is 0 Å². The minimum atomic E-state index is -0.924. The fourth-order valence-electron chi connectivity index (χ4n) is 2.16. The lowest BCUT2D eigenvalue weighted by atomic mass is 10.2. The highest BCUT2D eigenvalue weighted by Gasteiger charge is 2.12. The Labute approximate surface area is 149 Å². The van der Waals surface area contributed by atoms with E-state index in [1.54, 1.807) is 18.2 Å². The summed E-state index contributed by atoms with van der Waals surface area (Å²) in [6.45, 7) is 2.04. The van der Waals surface area contributed by atoms with E-state index < -0.39 is 17.5 Å². The number of carbonyl (C=O) groups is 2. The van der Waals surface area contributed by atoms with Crippen molar-refractivity contribution in [1.82, 2.24) is 5.32 Å². The Morgan fingerprint density at radius 2 is 1.88 bits per heavy atom. The molecule has 2 N–H and O–H groups in total. The standard InChI is InChI=1S/C18H17ClF2N2O2/c1-11-4-5-12(19)9-16(11)23-17(24)3-2-8-22-18(25)14-7-6-13(20)10-15(14)21/h4-7,9-10H,2-3,8H2,1H3,(H,22,25)(H,23,24). The lowest BCUT2D eigenvalue weighted by Gasteiger charge is -2.09. The summed E-state index contributed by atoms with van der Waals surface area (Å²) in [5.74, 6) is -2.54. The van der Waals surface area contributed by atoms with Crippen molar-refractivity contribution >= 4 is 29.1 Å². The Morgan fingerprint density at radius 3 is 2.60 bits per heavy atom. The van der Waals surface area contributed by atoms with Crippen LogP contribution in [0.5, 0.6) is 0 Å². The van der Waals surface area contributed by atoms with Crippen LogP contribution < -0.4 is 10.6 Å². The molecule has 0 saturated heterocycles. The Hall–Kier alpha value is -2.47. The first-order chi connectivity index (χ1) is 11.9. The average Bonchev–Trinajstić information content (AvgIpc) is 2.55. The molecule has 0 aliphatic carbocycles. The molecular weight excluding hydrogens is 350 g/mol. The van der Waals surface area contributed by atoms with Crippen LogP contribution in [0.25, 0.3) is 0 Å². The molecule has 2 rings (SSSR count). The molecule has 0 unspecified atom stereocenters. The van der Waals surface area contributed by atoms with Gasteiger partial charge in [-0.05, 0) is 43.2 Å². The number of halogens is 3. The molecule has 0 heterocycles. The van der Waals surface area contributed by atoms with E-state index in [4.69, 9.17) is 11.6 Å². The third-order valence-corrected chi connectivity index (χ3v) is 3.75. The first-order valence-electron chi connectivity index (χ1n) is 7.66. The van der Waals surface area contributed by atoms with Gasteiger partial charge in [0.25, 0.3) is 5.91 Å². The van der Waals surface area contributed by atoms with Gasteiger partial charge in [-0.3, -0.25) is 9.59 Å². The van der Waals surface area contributed by atoms with E-state index in [9.17, 15) is 18.4 Å². The maximum Gasteiger partial charge on any atom is 0.254 e. The molecule has 2 amide bonds. The third-order valence-electron chi connectivity index (χ3n) is 3.52. The SMILES string of the molecule is Cc1ccc(Cl)cc1NC(=O)CCCNC(=O)c1ccc(F)cc1F. The molecule has 25 heavy (non-hydrogen) atoms. The van der Waals surface area contributed by atoms with Crippen molar-refractivity contribution in [1.29, 1.82) is 0 Å². The van der Waals surface area contributed by atoms with Gasteiger partial charge in [0.2, 0.25) is 5.91 Å². The fraction of sp³-hybridized carbons (Fsp3) is 0.222. The van der Waals surface area contributed by atoms with Gasteiger partial charge >= 0.3 is 0 Å². The monoisotopic (exact) mass is 366 g/mol. The van der Waals surface area contributed by atoms with Gasteiger partial charge in [-0.1, -0.05) is 17.7 Å². The molecule has 0 radical (unpaired) electrons. The van der Waals surface area contributed by atoms with E-state index in [1.807, 2.05) is 6.92 Å². The highest BCUT2D eigenvalue weighted by molar-refractivity contribution is 6.31. The Kier molecular flexibility index (Phi) is 6.47. The molecule has 2 aromatic carbocycles. The number of anilines is 1. The van der Waals surface area contributed by atoms with Crippen LogP contribution in [0.4, 0.5) is 14.5 Å². The predicted molar refractivity (Wildman–Crippen MR) is 92.7 cm³/mol. The van der Waals surface area contributed by atoms with E-state index in [1.165, 1.54) is 0 Å².